The van der Waals surface area contributed by atoms with E-state index in [2.05, 4.69) is 10.4 Å². The van der Waals surface area contributed by atoms with Crippen molar-refractivity contribution in [3.63, 3.8) is 0 Å². The molecular weight excluding hydrogens is 375 g/mol. The monoisotopic (exact) mass is 390 g/mol. The number of hydrogen-bond donors (Lipinski definition) is 1. The van der Waals surface area contributed by atoms with Crippen LogP contribution in [0.15, 0.2) is 53.5 Å². The van der Waals surface area contributed by atoms with Crippen molar-refractivity contribution in [1.82, 2.24) is 14.2 Å². The van der Waals surface area contributed by atoms with Gasteiger partial charge in [0.05, 0.1) is 12.0 Å². The zero-order valence-electron chi connectivity index (χ0n) is 13.9. The molecule has 0 spiro atoms. The number of benzene rings is 1. The second-order valence-electron chi connectivity index (χ2n) is 6.74. The van der Waals surface area contributed by atoms with Crippen LogP contribution in [0.2, 0.25) is 0 Å². The lowest BCUT2D eigenvalue weighted by atomic mass is 10.1. The van der Waals surface area contributed by atoms with Gasteiger partial charge in [0, 0.05) is 11.9 Å². The Morgan fingerprint density at radius 1 is 1.27 bits per heavy atom. The molecule has 2 aromatic heterocycles. The minimum absolute atomic E-state index is 0.213. The summed E-state index contributed by atoms with van der Waals surface area (Å²) in [6.07, 6.45) is 2.10. The molecule has 0 bridgehead atoms. The number of aromatic nitrogens is 3. The summed E-state index contributed by atoms with van der Waals surface area (Å²) in [4.78, 5) is 24.8. The number of halogens is 2. The Labute approximate surface area is 159 Å². The Kier molecular flexibility index (Phi) is 3.86. The van der Waals surface area contributed by atoms with Gasteiger partial charge in [-0.05, 0) is 43.2 Å². The fraction of sp³-hybridized carbons (Fsp3) is 0.278. The van der Waals surface area contributed by atoms with Crippen LogP contribution in [0.3, 0.4) is 0 Å². The van der Waals surface area contributed by atoms with Crippen molar-refractivity contribution in [2.75, 3.05) is 5.32 Å². The van der Waals surface area contributed by atoms with Gasteiger partial charge in [-0.2, -0.15) is 0 Å². The molecule has 2 heterocycles. The standard InChI is InChI=1S/C18H16Cl2N4O2/c1-17(11-18(17,19)20)15(25)21-13-6-4-5-12(9-13)10-24-16(26)23-8-3-2-7-14(23)22-24/h2-9H,10-11H2,1H3,(H,21,25)/t17-/m0/s1. The Hall–Kier alpha value is -2.31. The van der Waals surface area contributed by atoms with Crippen LogP contribution in [0, 0.1) is 5.41 Å². The first-order valence-corrected chi connectivity index (χ1v) is 8.88. The first kappa shape index (κ1) is 17.1. The number of rotatable bonds is 4. The minimum atomic E-state index is -1.02. The molecule has 1 N–H and O–H groups in total. The molecule has 1 aliphatic rings. The summed E-state index contributed by atoms with van der Waals surface area (Å²) < 4.78 is 1.86. The van der Waals surface area contributed by atoms with E-state index in [1.54, 1.807) is 31.3 Å². The van der Waals surface area contributed by atoms with Crippen molar-refractivity contribution in [2.24, 2.45) is 5.41 Å². The Bertz CT molecular complexity index is 1070. The fourth-order valence-corrected chi connectivity index (χ4v) is 3.61. The summed E-state index contributed by atoms with van der Waals surface area (Å²) >= 11 is 12.1. The van der Waals surface area contributed by atoms with Gasteiger partial charge in [0.25, 0.3) is 0 Å². The molecular formula is C18H16Cl2N4O2. The summed E-state index contributed by atoms with van der Waals surface area (Å²) in [5, 5.41) is 7.16. The molecule has 0 radical (unpaired) electrons. The molecule has 1 fully saturated rings. The summed E-state index contributed by atoms with van der Waals surface area (Å²) in [6, 6.07) is 12.7. The predicted molar refractivity (Wildman–Crippen MR) is 101 cm³/mol. The average molecular weight is 391 g/mol. The molecule has 1 aromatic carbocycles. The van der Waals surface area contributed by atoms with Crippen LogP contribution in [-0.2, 0) is 11.3 Å². The van der Waals surface area contributed by atoms with Crippen LogP contribution in [0.5, 0.6) is 0 Å². The quantitative estimate of drug-likeness (QED) is 0.695. The van der Waals surface area contributed by atoms with Gasteiger partial charge in [0.1, 0.15) is 4.33 Å². The van der Waals surface area contributed by atoms with Gasteiger partial charge >= 0.3 is 5.69 Å². The van der Waals surface area contributed by atoms with Gasteiger partial charge in [0.15, 0.2) is 5.65 Å². The van der Waals surface area contributed by atoms with Crippen molar-refractivity contribution in [3.05, 3.63) is 64.7 Å². The van der Waals surface area contributed by atoms with Crippen LogP contribution < -0.4 is 11.0 Å². The van der Waals surface area contributed by atoms with E-state index in [4.69, 9.17) is 23.2 Å². The molecule has 26 heavy (non-hydrogen) atoms. The summed E-state index contributed by atoms with van der Waals surface area (Å²) in [5.41, 5.74) is 1.06. The van der Waals surface area contributed by atoms with Crippen molar-refractivity contribution in [3.8, 4) is 0 Å². The van der Waals surface area contributed by atoms with E-state index >= 15 is 0 Å². The van der Waals surface area contributed by atoms with Crippen LogP contribution >= 0.6 is 23.2 Å². The predicted octanol–water partition coefficient (Wildman–Crippen LogP) is 3.07. The number of hydrogen-bond acceptors (Lipinski definition) is 3. The number of nitrogens with zero attached hydrogens (tertiary/aromatic N) is 3. The molecule has 1 amide bonds. The lowest BCUT2D eigenvalue weighted by Gasteiger charge is -2.13. The lowest BCUT2D eigenvalue weighted by Crippen LogP contribution is -2.26. The highest BCUT2D eigenvalue weighted by Gasteiger charge is 2.67. The number of amides is 1. The molecule has 134 valence electrons. The highest BCUT2D eigenvalue weighted by atomic mass is 35.5. The van der Waals surface area contributed by atoms with Gasteiger partial charge in [-0.15, -0.1) is 28.3 Å². The van der Waals surface area contributed by atoms with Crippen LogP contribution in [0.25, 0.3) is 5.65 Å². The maximum atomic E-state index is 12.4. The third-order valence-corrected chi connectivity index (χ3v) is 5.87. The first-order chi connectivity index (χ1) is 12.3. The van der Waals surface area contributed by atoms with E-state index < -0.39 is 9.75 Å². The molecule has 0 aliphatic heterocycles. The average Bonchev–Trinajstić information content (AvgIpc) is 2.98. The topological polar surface area (TPSA) is 68.4 Å². The molecule has 1 aliphatic carbocycles. The van der Waals surface area contributed by atoms with E-state index in [0.717, 1.165) is 5.56 Å². The van der Waals surface area contributed by atoms with Gasteiger partial charge in [-0.25, -0.2) is 9.48 Å². The lowest BCUT2D eigenvalue weighted by molar-refractivity contribution is -0.120. The van der Waals surface area contributed by atoms with Crippen molar-refractivity contribution >= 4 is 40.4 Å². The molecule has 1 saturated carbocycles. The fourth-order valence-electron chi connectivity index (χ4n) is 2.91. The van der Waals surface area contributed by atoms with E-state index in [1.807, 2.05) is 24.3 Å². The van der Waals surface area contributed by atoms with Crippen molar-refractivity contribution in [2.45, 2.75) is 24.2 Å². The smallest absolute Gasteiger partial charge is 0.326 e. The van der Waals surface area contributed by atoms with E-state index in [1.165, 1.54) is 9.08 Å². The molecule has 0 saturated heterocycles. The molecule has 0 unspecified atom stereocenters. The zero-order chi connectivity index (χ0) is 18.5. The Morgan fingerprint density at radius 2 is 2.04 bits per heavy atom. The summed E-state index contributed by atoms with van der Waals surface area (Å²) in [5.74, 6) is -0.218. The second kappa shape index (κ2) is 5.86. The van der Waals surface area contributed by atoms with Gasteiger partial charge in [0.2, 0.25) is 5.91 Å². The third-order valence-electron chi connectivity index (χ3n) is 4.76. The Morgan fingerprint density at radius 3 is 2.73 bits per heavy atom. The van der Waals surface area contributed by atoms with Crippen molar-refractivity contribution in [1.29, 1.82) is 0 Å². The number of pyridine rings is 1. The number of carbonyl (C=O) groups is 1. The van der Waals surface area contributed by atoms with Crippen LogP contribution in [0.4, 0.5) is 5.69 Å². The highest BCUT2D eigenvalue weighted by molar-refractivity contribution is 6.53. The number of alkyl halides is 2. The van der Waals surface area contributed by atoms with Gasteiger partial charge in [-0.3, -0.25) is 9.20 Å². The molecule has 3 aromatic rings. The summed E-state index contributed by atoms with van der Waals surface area (Å²) in [6.45, 7) is 2.04. The maximum absolute atomic E-state index is 12.4. The molecule has 1 atom stereocenters. The van der Waals surface area contributed by atoms with Gasteiger partial charge in [-0.1, -0.05) is 18.2 Å². The first-order valence-electron chi connectivity index (χ1n) is 8.13. The van der Waals surface area contributed by atoms with Crippen LogP contribution in [0.1, 0.15) is 18.9 Å². The van der Waals surface area contributed by atoms with E-state index in [9.17, 15) is 9.59 Å². The van der Waals surface area contributed by atoms with Gasteiger partial charge < -0.3 is 5.32 Å². The number of nitrogens with one attached hydrogen (secondary N) is 1. The highest BCUT2D eigenvalue weighted by Crippen LogP contribution is 2.64. The molecule has 8 heteroatoms. The van der Waals surface area contributed by atoms with Crippen molar-refractivity contribution < 1.29 is 4.79 Å². The minimum Gasteiger partial charge on any atom is -0.326 e. The number of fused-ring (bicyclic) bond motifs is 1. The molecule has 6 nitrogen and oxygen atoms in total. The normalized spacial score (nSPS) is 20.9. The second-order valence-corrected chi connectivity index (χ2v) is 8.22. The Balaban J connectivity index is 1.55. The zero-order valence-corrected chi connectivity index (χ0v) is 15.5. The summed E-state index contributed by atoms with van der Waals surface area (Å²) in [7, 11) is 0. The van der Waals surface area contributed by atoms with E-state index in [0.29, 0.717) is 24.3 Å². The number of anilines is 1. The third kappa shape index (κ3) is 2.79. The SMILES string of the molecule is C[C@@]1(C(=O)Nc2cccc(Cn3nc4ccccn4c3=O)c2)CC1(Cl)Cl. The largest absolute Gasteiger partial charge is 0.350 e. The van der Waals surface area contributed by atoms with E-state index in [-0.39, 0.29) is 11.6 Å². The maximum Gasteiger partial charge on any atom is 0.350 e. The molecule has 4 rings (SSSR count). The van der Waals surface area contributed by atoms with Crippen LogP contribution in [-0.4, -0.2) is 24.4 Å². The number of carbonyl (C=O) groups excluding carboxylic acids is 1.